The molecule has 0 aromatic heterocycles. The molecule has 5 heteroatoms. The van der Waals surface area contributed by atoms with Gasteiger partial charge in [0.25, 0.3) is 0 Å². The molecule has 2 unspecified atom stereocenters. The van der Waals surface area contributed by atoms with E-state index in [1.54, 1.807) is 6.92 Å². The van der Waals surface area contributed by atoms with Gasteiger partial charge in [-0.1, -0.05) is 0 Å². The maximum atomic E-state index is 11.6. The summed E-state index contributed by atoms with van der Waals surface area (Å²) in [5, 5.41) is 0. The van der Waals surface area contributed by atoms with Crippen LogP contribution >= 0.6 is 0 Å². The van der Waals surface area contributed by atoms with Gasteiger partial charge in [0.1, 0.15) is 6.04 Å². The van der Waals surface area contributed by atoms with E-state index < -0.39 is 12.1 Å². The third kappa shape index (κ3) is 2.04. The van der Waals surface area contributed by atoms with Gasteiger partial charge in [-0.05, 0) is 19.8 Å². The zero-order valence-corrected chi connectivity index (χ0v) is 8.53. The van der Waals surface area contributed by atoms with Gasteiger partial charge in [0.05, 0.1) is 13.2 Å². The highest BCUT2D eigenvalue weighted by Gasteiger charge is 2.35. The van der Waals surface area contributed by atoms with Gasteiger partial charge >= 0.3 is 5.97 Å². The quantitative estimate of drug-likeness (QED) is 0.610. The lowest BCUT2D eigenvalue weighted by Crippen LogP contribution is -2.47. The van der Waals surface area contributed by atoms with Crippen molar-refractivity contribution in [2.24, 2.45) is 5.73 Å². The van der Waals surface area contributed by atoms with E-state index in [-0.39, 0.29) is 11.9 Å². The number of carbonyl (C=O) groups is 2. The number of esters is 1. The van der Waals surface area contributed by atoms with Crippen molar-refractivity contribution in [1.82, 2.24) is 4.90 Å². The molecule has 1 rings (SSSR count). The Morgan fingerprint density at radius 1 is 1.57 bits per heavy atom. The molecule has 2 atom stereocenters. The summed E-state index contributed by atoms with van der Waals surface area (Å²) in [6, 6.07) is -0.987. The van der Waals surface area contributed by atoms with Crippen molar-refractivity contribution in [3.8, 4) is 0 Å². The van der Waals surface area contributed by atoms with E-state index in [0.29, 0.717) is 13.0 Å². The predicted octanol–water partition coefficient (Wildman–Crippen LogP) is -0.502. The van der Waals surface area contributed by atoms with Gasteiger partial charge in [-0.25, -0.2) is 4.79 Å². The first kappa shape index (κ1) is 11.0. The monoisotopic (exact) mass is 200 g/mol. The normalized spacial score (nSPS) is 23.4. The Morgan fingerprint density at radius 3 is 2.71 bits per heavy atom. The van der Waals surface area contributed by atoms with E-state index >= 15 is 0 Å². The maximum Gasteiger partial charge on any atom is 0.328 e. The largest absolute Gasteiger partial charge is 0.467 e. The minimum atomic E-state index is -0.555. The van der Waals surface area contributed by atoms with Crippen LogP contribution in [0.2, 0.25) is 0 Å². The van der Waals surface area contributed by atoms with E-state index in [1.165, 1.54) is 12.0 Å². The van der Waals surface area contributed by atoms with E-state index in [0.717, 1.165) is 6.42 Å². The Balaban J connectivity index is 2.68. The molecular weight excluding hydrogens is 184 g/mol. The molecule has 0 spiro atoms. The summed E-state index contributed by atoms with van der Waals surface area (Å²) in [5.41, 5.74) is 5.48. The lowest BCUT2D eigenvalue weighted by atomic mass is 10.2. The Hall–Kier alpha value is -1.10. The molecule has 1 amide bonds. The standard InChI is InChI=1S/C9H16N2O3/c1-6(10)8(12)11-5-3-4-7(11)9(13)14-2/h6-7H,3-5,10H2,1-2H3. The van der Waals surface area contributed by atoms with Crippen LogP contribution < -0.4 is 5.73 Å². The van der Waals surface area contributed by atoms with Gasteiger partial charge in [-0.15, -0.1) is 0 Å². The number of nitrogens with zero attached hydrogens (tertiary/aromatic N) is 1. The zero-order chi connectivity index (χ0) is 10.7. The molecule has 1 aliphatic rings. The fourth-order valence-corrected chi connectivity index (χ4v) is 1.67. The molecule has 5 nitrogen and oxygen atoms in total. The molecule has 0 saturated carbocycles. The minimum absolute atomic E-state index is 0.182. The van der Waals surface area contributed by atoms with Crippen LogP contribution in [0.5, 0.6) is 0 Å². The SMILES string of the molecule is COC(=O)C1CCCN1C(=O)C(C)N. The molecule has 14 heavy (non-hydrogen) atoms. The number of amides is 1. The van der Waals surface area contributed by atoms with Crippen molar-refractivity contribution in [3.05, 3.63) is 0 Å². The lowest BCUT2D eigenvalue weighted by Gasteiger charge is -2.24. The van der Waals surface area contributed by atoms with Crippen molar-refractivity contribution in [1.29, 1.82) is 0 Å². The van der Waals surface area contributed by atoms with Crippen LogP contribution in [-0.2, 0) is 14.3 Å². The summed E-state index contributed by atoms with van der Waals surface area (Å²) >= 11 is 0. The Labute approximate surface area is 83.2 Å². The Bertz CT molecular complexity index is 240. The van der Waals surface area contributed by atoms with E-state index in [4.69, 9.17) is 5.73 Å². The summed E-state index contributed by atoms with van der Waals surface area (Å²) in [7, 11) is 1.33. The van der Waals surface area contributed by atoms with Gasteiger partial charge in [0, 0.05) is 6.54 Å². The van der Waals surface area contributed by atoms with Crippen LogP contribution in [0, 0.1) is 0 Å². The number of carbonyl (C=O) groups excluding carboxylic acids is 2. The summed E-state index contributed by atoms with van der Waals surface area (Å²) < 4.78 is 4.62. The Morgan fingerprint density at radius 2 is 2.21 bits per heavy atom. The lowest BCUT2D eigenvalue weighted by molar-refractivity contribution is -0.151. The third-order valence-corrected chi connectivity index (χ3v) is 2.40. The molecule has 1 saturated heterocycles. The summed E-state index contributed by atoms with van der Waals surface area (Å²) in [4.78, 5) is 24.4. The molecular formula is C9H16N2O3. The second-order valence-corrected chi connectivity index (χ2v) is 3.50. The average Bonchev–Trinajstić information content (AvgIpc) is 2.63. The highest BCUT2D eigenvalue weighted by atomic mass is 16.5. The van der Waals surface area contributed by atoms with Crippen molar-refractivity contribution < 1.29 is 14.3 Å². The number of ether oxygens (including phenoxy) is 1. The van der Waals surface area contributed by atoms with Gasteiger partial charge < -0.3 is 15.4 Å². The number of likely N-dealkylation sites (tertiary alicyclic amines) is 1. The van der Waals surface area contributed by atoms with Gasteiger partial charge in [-0.3, -0.25) is 4.79 Å². The predicted molar refractivity (Wildman–Crippen MR) is 50.4 cm³/mol. The van der Waals surface area contributed by atoms with Crippen molar-refractivity contribution >= 4 is 11.9 Å². The molecule has 80 valence electrons. The fourth-order valence-electron chi connectivity index (χ4n) is 1.67. The summed E-state index contributed by atoms with van der Waals surface area (Å²) in [6.07, 6.45) is 1.50. The summed E-state index contributed by atoms with van der Waals surface area (Å²) in [6.45, 7) is 2.22. The molecule has 1 fully saturated rings. The topological polar surface area (TPSA) is 72.6 Å². The van der Waals surface area contributed by atoms with Gasteiger partial charge in [0.2, 0.25) is 5.91 Å². The van der Waals surface area contributed by atoms with Crippen LogP contribution in [0.15, 0.2) is 0 Å². The van der Waals surface area contributed by atoms with E-state index in [9.17, 15) is 9.59 Å². The van der Waals surface area contributed by atoms with E-state index in [1.807, 2.05) is 0 Å². The number of nitrogens with two attached hydrogens (primary N) is 1. The number of rotatable bonds is 2. The highest BCUT2D eigenvalue weighted by Crippen LogP contribution is 2.18. The Kier molecular flexibility index (Phi) is 3.46. The first-order valence-electron chi connectivity index (χ1n) is 4.71. The van der Waals surface area contributed by atoms with Crippen LogP contribution in [-0.4, -0.2) is 42.5 Å². The number of methoxy groups -OCH3 is 1. The molecule has 0 aromatic carbocycles. The molecule has 2 N–H and O–H groups in total. The molecule has 1 heterocycles. The number of hydrogen-bond donors (Lipinski definition) is 1. The second-order valence-electron chi connectivity index (χ2n) is 3.50. The van der Waals surface area contributed by atoms with Gasteiger partial charge in [-0.2, -0.15) is 0 Å². The maximum absolute atomic E-state index is 11.6. The van der Waals surface area contributed by atoms with Crippen LogP contribution in [0.4, 0.5) is 0 Å². The van der Waals surface area contributed by atoms with Crippen molar-refractivity contribution in [3.63, 3.8) is 0 Å². The van der Waals surface area contributed by atoms with Crippen LogP contribution in [0.1, 0.15) is 19.8 Å². The molecule has 0 aliphatic carbocycles. The highest BCUT2D eigenvalue weighted by molar-refractivity contribution is 5.87. The number of hydrogen-bond acceptors (Lipinski definition) is 4. The van der Waals surface area contributed by atoms with Crippen molar-refractivity contribution in [2.45, 2.75) is 31.8 Å². The van der Waals surface area contributed by atoms with Crippen LogP contribution in [0.25, 0.3) is 0 Å². The third-order valence-electron chi connectivity index (χ3n) is 2.40. The minimum Gasteiger partial charge on any atom is -0.467 e. The molecule has 0 radical (unpaired) electrons. The fraction of sp³-hybridized carbons (Fsp3) is 0.778. The molecule has 0 bridgehead atoms. The smallest absolute Gasteiger partial charge is 0.328 e. The zero-order valence-electron chi connectivity index (χ0n) is 8.53. The van der Waals surface area contributed by atoms with Gasteiger partial charge in [0.15, 0.2) is 0 Å². The molecule has 0 aromatic rings. The van der Waals surface area contributed by atoms with Crippen LogP contribution in [0.3, 0.4) is 0 Å². The first-order valence-corrected chi connectivity index (χ1v) is 4.71. The van der Waals surface area contributed by atoms with Crippen molar-refractivity contribution in [2.75, 3.05) is 13.7 Å². The second kappa shape index (κ2) is 4.41. The molecule has 1 aliphatic heterocycles. The first-order chi connectivity index (χ1) is 6.57. The van der Waals surface area contributed by atoms with E-state index in [2.05, 4.69) is 4.74 Å². The average molecular weight is 200 g/mol. The summed E-state index contributed by atoms with van der Waals surface area (Å²) in [5.74, 6) is -0.533.